The quantitative estimate of drug-likeness (QED) is 0.219. The van der Waals surface area contributed by atoms with E-state index in [1.54, 1.807) is 0 Å². The van der Waals surface area contributed by atoms with Crippen molar-refractivity contribution in [3.8, 4) is 0 Å². The molecule has 1 aliphatic heterocycles. The molecule has 1 fully saturated rings. The van der Waals surface area contributed by atoms with E-state index >= 15 is 0 Å². The van der Waals surface area contributed by atoms with E-state index < -0.39 is 16.6 Å². The van der Waals surface area contributed by atoms with Crippen LogP contribution in [0.2, 0.25) is 37.8 Å². The molecule has 160 valence electrons. The summed E-state index contributed by atoms with van der Waals surface area (Å²) in [6.07, 6.45) is 3.41. The second-order valence-corrected chi connectivity index (χ2v) is 21.2. The lowest BCUT2D eigenvalue weighted by Gasteiger charge is -2.42. The summed E-state index contributed by atoms with van der Waals surface area (Å²) in [4.78, 5) is 0.325. The number of hydrogen-bond donors (Lipinski definition) is 0. The number of halogens is 1. The van der Waals surface area contributed by atoms with Crippen molar-refractivity contribution < 1.29 is 13.6 Å². The highest BCUT2D eigenvalue weighted by molar-refractivity contribution is 9.09. The Morgan fingerprint density at radius 1 is 1.26 bits per heavy atom. The number of alkyl halides is 1. The number of ether oxygens (including phenoxy) is 1. The Labute approximate surface area is 179 Å². The molecule has 1 aliphatic rings. The average molecular weight is 480 g/mol. The van der Waals surface area contributed by atoms with E-state index in [1.807, 2.05) is 0 Å². The van der Waals surface area contributed by atoms with Crippen LogP contribution >= 0.6 is 15.9 Å². The van der Waals surface area contributed by atoms with Gasteiger partial charge in [-0.05, 0) is 58.0 Å². The third-order valence-corrected chi connectivity index (χ3v) is 12.7. The lowest BCUT2D eigenvalue weighted by atomic mass is 9.86. The number of hydrogen-bond acceptors (Lipinski definition) is 3. The van der Waals surface area contributed by atoms with Gasteiger partial charge >= 0.3 is 0 Å². The molecular weight excluding hydrogens is 436 g/mol. The summed E-state index contributed by atoms with van der Waals surface area (Å²) in [6, 6.07) is 0. The van der Waals surface area contributed by atoms with E-state index in [0.717, 1.165) is 13.0 Å². The summed E-state index contributed by atoms with van der Waals surface area (Å²) in [7, 11) is -3.44. The predicted octanol–water partition coefficient (Wildman–Crippen LogP) is 6.75. The highest BCUT2D eigenvalue weighted by Crippen LogP contribution is 2.41. The molecule has 1 heterocycles. The molecule has 0 saturated carbocycles. The lowest BCUT2D eigenvalue weighted by Crippen LogP contribution is -2.53. The normalized spacial score (nSPS) is 27.7. The molecule has 0 spiro atoms. The van der Waals surface area contributed by atoms with E-state index in [-0.39, 0.29) is 22.7 Å². The highest BCUT2D eigenvalue weighted by Gasteiger charge is 2.49. The van der Waals surface area contributed by atoms with Gasteiger partial charge in [0.05, 0.1) is 12.7 Å². The molecule has 27 heavy (non-hydrogen) atoms. The van der Waals surface area contributed by atoms with Crippen molar-refractivity contribution >= 4 is 32.6 Å². The topological polar surface area (TPSA) is 27.7 Å². The first-order chi connectivity index (χ1) is 12.0. The fourth-order valence-corrected chi connectivity index (χ4v) is 6.05. The van der Waals surface area contributed by atoms with Gasteiger partial charge in [0.25, 0.3) is 0 Å². The van der Waals surface area contributed by atoms with Crippen LogP contribution in [-0.2, 0) is 13.6 Å². The van der Waals surface area contributed by atoms with Gasteiger partial charge in [0.2, 0.25) is 0 Å². The van der Waals surface area contributed by atoms with Crippen molar-refractivity contribution in [2.24, 2.45) is 5.92 Å². The molecule has 0 aromatic rings. The van der Waals surface area contributed by atoms with Crippen LogP contribution in [0.3, 0.4) is 0 Å². The van der Waals surface area contributed by atoms with Crippen LogP contribution in [0.5, 0.6) is 0 Å². The second-order valence-electron chi connectivity index (χ2n) is 10.9. The summed E-state index contributed by atoms with van der Waals surface area (Å²) < 4.78 is 19.3. The monoisotopic (exact) mass is 478 g/mol. The smallest absolute Gasteiger partial charge is 0.192 e. The highest BCUT2D eigenvalue weighted by atomic mass is 79.9. The lowest BCUT2D eigenvalue weighted by molar-refractivity contribution is -0.0793. The summed E-state index contributed by atoms with van der Waals surface area (Å²) in [5, 5.41) is 0.233. The maximum absolute atomic E-state index is 6.66. The molecule has 0 N–H and O–H groups in total. The van der Waals surface area contributed by atoms with Gasteiger partial charge in [-0.2, -0.15) is 0 Å². The Hall–Kier alpha value is 0.534. The molecule has 0 aliphatic carbocycles. The van der Waals surface area contributed by atoms with Gasteiger partial charge < -0.3 is 13.6 Å². The first-order valence-corrected chi connectivity index (χ1v) is 17.5. The van der Waals surface area contributed by atoms with E-state index in [0.29, 0.717) is 11.4 Å². The standard InChI is InChI=1S/C21H43BrO3Si2/c1-16(15-24-27(10,11)20(3,4)5)14-17(2)19(25-26(7,8)9)21(6)18(22)12-13-23-21/h14,17-19H,12-13,15H2,1-11H3/b16-14+/t17-,18+,19+,21+/m0/s1. The van der Waals surface area contributed by atoms with Crippen LogP contribution in [0, 0.1) is 5.92 Å². The van der Waals surface area contributed by atoms with E-state index in [2.05, 4.69) is 96.3 Å². The first-order valence-electron chi connectivity index (χ1n) is 10.3. The molecule has 0 radical (unpaired) electrons. The van der Waals surface area contributed by atoms with Gasteiger partial charge in [-0.25, -0.2) is 0 Å². The van der Waals surface area contributed by atoms with Gasteiger partial charge in [-0.15, -0.1) is 0 Å². The Morgan fingerprint density at radius 2 is 1.81 bits per heavy atom. The fraction of sp³-hybridized carbons (Fsp3) is 0.905. The summed E-state index contributed by atoms with van der Waals surface area (Å²) >= 11 is 3.85. The third kappa shape index (κ3) is 7.07. The summed E-state index contributed by atoms with van der Waals surface area (Å²) in [6.45, 7) is 26.4. The minimum atomic E-state index is -1.73. The van der Waals surface area contributed by atoms with Crippen LogP contribution < -0.4 is 0 Å². The second kappa shape index (κ2) is 9.13. The maximum atomic E-state index is 6.66. The molecular formula is C21H43BrO3Si2. The molecule has 6 heteroatoms. The van der Waals surface area contributed by atoms with Crippen LogP contribution in [0.25, 0.3) is 0 Å². The zero-order chi connectivity index (χ0) is 21.3. The van der Waals surface area contributed by atoms with Gasteiger partial charge in [0.15, 0.2) is 16.6 Å². The van der Waals surface area contributed by atoms with Gasteiger partial charge in [0, 0.05) is 17.4 Å². The van der Waals surface area contributed by atoms with E-state index in [4.69, 9.17) is 13.6 Å². The summed E-state index contributed by atoms with van der Waals surface area (Å²) in [5.74, 6) is 0.267. The zero-order valence-corrected chi connectivity index (χ0v) is 23.1. The minimum Gasteiger partial charge on any atom is -0.413 e. The van der Waals surface area contributed by atoms with E-state index in [1.165, 1.54) is 5.57 Å². The molecule has 4 atom stereocenters. The largest absolute Gasteiger partial charge is 0.413 e. The maximum Gasteiger partial charge on any atom is 0.192 e. The Bertz CT molecular complexity index is 523. The fourth-order valence-electron chi connectivity index (χ4n) is 3.24. The van der Waals surface area contributed by atoms with Crippen molar-refractivity contribution in [3.63, 3.8) is 0 Å². The molecule has 1 saturated heterocycles. The van der Waals surface area contributed by atoms with Crippen LogP contribution in [0.1, 0.15) is 48.0 Å². The van der Waals surface area contributed by atoms with Crippen molar-refractivity contribution in [1.82, 2.24) is 0 Å². The molecule has 0 amide bonds. The average Bonchev–Trinajstić information content (AvgIpc) is 2.81. The zero-order valence-electron chi connectivity index (χ0n) is 19.5. The van der Waals surface area contributed by atoms with Crippen molar-refractivity contribution in [3.05, 3.63) is 11.6 Å². The molecule has 1 rings (SSSR count). The van der Waals surface area contributed by atoms with Gasteiger partial charge in [-0.3, -0.25) is 0 Å². The summed E-state index contributed by atoms with van der Waals surface area (Å²) in [5.41, 5.74) is 0.987. The molecule has 0 aromatic carbocycles. The molecule has 0 unspecified atom stereocenters. The Kier molecular flexibility index (Phi) is 8.64. The van der Waals surface area contributed by atoms with Crippen molar-refractivity contribution in [2.75, 3.05) is 13.2 Å². The SMILES string of the molecule is C/C(=C\[C@H](C)[C@@H](O[Si](C)(C)C)[C@]1(C)OCC[C@H]1Br)CO[Si](C)(C)C(C)(C)C. The Morgan fingerprint density at radius 3 is 2.22 bits per heavy atom. The van der Waals surface area contributed by atoms with Gasteiger partial charge in [0.1, 0.15) is 5.60 Å². The van der Waals surface area contributed by atoms with Crippen LogP contribution in [-0.4, -0.2) is 46.4 Å². The van der Waals surface area contributed by atoms with E-state index in [9.17, 15) is 0 Å². The number of rotatable bonds is 8. The van der Waals surface area contributed by atoms with Crippen LogP contribution in [0.15, 0.2) is 11.6 Å². The minimum absolute atomic E-state index is 0.0406. The van der Waals surface area contributed by atoms with Crippen molar-refractivity contribution in [2.45, 2.75) is 102 Å². The first kappa shape index (κ1) is 25.6. The van der Waals surface area contributed by atoms with Crippen LogP contribution in [0.4, 0.5) is 0 Å². The molecule has 0 aromatic heterocycles. The Balaban J connectivity index is 2.95. The van der Waals surface area contributed by atoms with Gasteiger partial charge in [-0.1, -0.05) is 55.3 Å². The third-order valence-electron chi connectivity index (χ3n) is 5.94. The molecule has 3 nitrogen and oxygen atoms in total. The molecule has 0 bridgehead atoms. The predicted molar refractivity (Wildman–Crippen MR) is 126 cm³/mol. The van der Waals surface area contributed by atoms with Crippen molar-refractivity contribution in [1.29, 1.82) is 0 Å².